The number of nitrogens with zero attached hydrogens (tertiary/aromatic N) is 1. The Morgan fingerprint density at radius 2 is 1.85 bits per heavy atom. The summed E-state index contributed by atoms with van der Waals surface area (Å²) < 4.78 is 0. The number of anilines is 1. The Balaban J connectivity index is 2.04. The minimum atomic E-state index is -0.882. The summed E-state index contributed by atoms with van der Waals surface area (Å²) in [6, 6.07) is 10.2. The number of aromatic nitrogens is 1. The molecule has 5 heteroatoms. The number of carboxylic acids is 1. The maximum absolute atomic E-state index is 11.9. The molecule has 0 saturated carbocycles. The molecule has 1 aromatic carbocycles. The van der Waals surface area contributed by atoms with Crippen LogP contribution in [0.5, 0.6) is 0 Å². The van der Waals surface area contributed by atoms with E-state index in [1.807, 2.05) is 6.92 Å². The predicted molar refractivity (Wildman–Crippen MR) is 74.7 cm³/mol. The highest BCUT2D eigenvalue weighted by Gasteiger charge is 2.06. The van der Waals surface area contributed by atoms with Crippen LogP contribution in [0.25, 0.3) is 0 Å². The van der Waals surface area contributed by atoms with E-state index in [9.17, 15) is 9.59 Å². The standard InChI is InChI=1S/C15H14N2O3/c1-10-2-5-12(9-16-10)15(20)17-13-6-3-11(4-7-13)8-14(18)19/h2-7,9H,8H2,1H3,(H,17,20)(H,18,19). The topological polar surface area (TPSA) is 79.3 Å². The molecule has 102 valence electrons. The van der Waals surface area contributed by atoms with E-state index in [1.165, 1.54) is 6.20 Å². The molecule has 2 N–H and O–H groups in total. The molecule has 20 heavy (non-hydrogen) atoms. The van der Waals surface area contributed by atoms with Gasteiger partial charge in [-0.3, -0.25) is 14.6 Å². The number of rotatable bonds is 4. The Labute approximate surface area is 116 Å². The highest BCUT2D eigenvalue weighted by atomic mass is 16.4. The first kappa shape index (κ1) is 13.7. The van der Waals surface area contributed by atoms with E-state index in [2.05, 4.69) is 10.3 Å². The minimum Gasteiger partial charge on any atom is -0.481 e. The van der Waals surface area contributed by atoms with Crippen LogP contribution in [0.15, 0.2) is 42.6 Å². The van der Waals surface area contributed by atoms with Gasteiger partial charge in [-0.25, -0.2) is 0 Å². The maximum atomic E-state index is 11.9. The zero-order valence-electron chi connectivity index (χ0n) is 11.0. The highest BCUT2D eigenvalue weighted by Crippen LogP contribution is 2.12. The van der Waals surface area contributed by atoms with E-state index in [0.29, 0.717) is 16.8 Å². The van der Waals surface area contributed by atoms with Crippen molar-refractivity contribution < 1.29 is 14.7 Å². The molecule has 0 spiro atoms. The zero-order valence-corrected chi connectivity index (χ0v) is 11.0. The number of amides is 1. The third kappa shape index (κ3) is 3.65. The third-order valence-corrected chi connectivity index (χ3v) is 2.74. The van der Waals surface area contributed by atoms with Gasteiger partial charge in [-0.2, -0.15) is 0 Å². The summed E-state index contributed by atoms with van der Waals surface area (Å²) in [5, 5.41) is 11.4. The number of hydrogen-bond donors (Lipinski definition) is 2. The summed E-state index contributed by atoms with van der Waals surface area (Å²) in [7, 11) is 0. The minimum absolute atomic E-state index is 0.0316. The summed E-state index contributed by atoms with van der Waals surface area (Å²) in [5.41, 5.74) is 2.63. The molecular weight excluding hydrogens is 256 g/mol. The van der Waals surface area contributed by atoms with Gasteiger partial charge in [-0.1, -0.05) is 12.1 Å². The maximum Gasteiger partial charge on any atom is 0.307 e. The summed E-state index contributed by atoms with van der Waals surface area (Å²) >= 11 is 0. The number of aryl methyl sites for hydroxylation is 1. The van der Waals surface area contributed by atoms with Crippen LogP contribution in [-0.2, 0) is 11.2 Å². The van der Waals surface area contributed by atoms with Crippen molar-refractivity contribution in [1.82, 2.24) is 4.98 Å². The molecule has 1 amide bonds. The Morgan fingerprint density at radius 1 is 1.15 bits per heavy atom. The number of nitrogens with one attached hydrogen (secondary N) is 1. The van der Waals surface area contributed by atoms with Crippen LogP contribution in [0.3, 0.4) is 0 Å². The van der Waals surface area contributed by atoms with Crippen LogP contribution < -0.4 is 5.32 Å². The predicted octanol–water partition coefficient (Wildman–Crippen LogP) is 2.27. The number of carboxylic acid groups (broad SMARTS) is 1. The molecule has 0 aliphatic heterocycles. The molecule has 0 aliphatic rings. The second-order valence-electron chi connectivity index (χ2n) is 4.41. The summed E-state index contributed by atoms with van der Waals surface area (Å²) in [4.78, 5) is 26.6. The van der Waals surface area contributed by atoms with Gasteiger partial charge in [0, 0.05) is 17.6 Å². The molecule has 0 saturated heterocycles. The lowest BCUT2D eigenvalue weighted by molar-refractivity contribution is -0.136. The fourth-order valence-electron chi connectivity index (χ4n) is 1.69. The summed E-state index contributed by atoms with van der Waals surface area (Å²) in [6.45, 7) is 1.85. The van der Waals surface area contributed by atoms with E-state index in [4.69, 9.17) is 5.11 Å². The Morgan fingerprint density at radius 3 is 2.40 bits per heavy atom. The van der Waals surface area contributed by atoms with Crippen molar-refractivity contribution in [3.05, 3.63) is 59.4 Å². The first-order valence-corrected chi connectivity index (χ1v) is 6.09. The number of pyridine rings is 1. The lowest BCUT2D eigenvalue weighted by Gasteiger charge is -2.06. The van der Waals surface area contributed by atoms with Crippen LogP contribution in [0, 0.1) is 6.92 Å². The fraction of sp³-hybridized carbons (Fsp3) is 0.133. The van der Waals surface area contributed by atoms with E-state index >= 15 is 0 Å². The monoisotopic (exact) mass is 270 g/mol. The normalized spacial score (nSPS) is 10.1. The smallest absolute Gasteiger partial charge is 0.307 e. The van der Waals surface area contributed by atoms with Gasteiger partial charge in [0.1, 0.15) is 0 Å². The average Bonchev–Trinajstić information content (AvgIpc) is 2.41. The number of aliphatic carboxylic acids is 1. The number of benzene rings is 1. The molecular formula is C15H14N2O3. The van der Waals surface area contributed by atoms with Gasteiger partial charge in [-0.15, -0.1) is 0 Å². The lowest BCUT2D eigenvalue weighted by Crippen LogP contribution is -2.12. The van der Waals surface area contributed by atoms with Crippen LogP contribution >= 0.6 is 0 Å². The van der Waals surface area contributed by atoms with E-state index in [1.54, 1.807) is 36.4 Å². The highest BCUT2D eigenvalue weighted by molar-refractivity contribution is 6.04. The van der Waals surface area contributed by atoms with Gasteiger partial charge in [0.25, 0.3) is 5.91 Å². The van der Waals surface area contributed by atoms with Crippen molar-refractivity contribution in [2.45, 2.75) is 13.3 Å². The van der Waals surface area contributed by atoms with Crippen molar-refractivity contribution in [2.75, 3.05) is 5.32 Å². The van der Waals surface area contributed by atoms with Gasteiger partial charge in [0.15, 0.2) is 0 Å². The van der Waals surface area contributed by atoms with Crippen LogP contribution in [0.4, 0.5) is 5.69 Å². The first-order chi connectivity index (χ1) is 9.54. The Bertz CT molecular complexity index is 619. The van der Waals surface area contributed by atoms with Gasteiger partial charge >= 0.3 is 5.97 Å². The van der Waals surface area contributed by atoms with Crippen LogP contribution in [-0.4, -0.2) is 22.0 Å². The van der Waals surface area contributed by atoms with Gasteiger partial charge in [-0.05, 0) is 36.8 Å². The molecule has 1 heterocycles. The fourth-order valence-corrected chi connectivity index (χ4v) is 1.69. The summed E-state index contributed by atoms with van der Waals surface area (Å²) in [6.07, 6.45) is 1.49. The quantitative estimate of drug-likeness (QED) is 0.893. The third-order valence-electron chi connectivity index (χ3n) is 2.74. The molecule has 2 aromatic rings. The van der Waals surface area contributed by atoms with Gasteiger partial charge < -0.3 is 10.4 Å². The van der Waals surface area contributed by atoms with Crippen molar-refractivity contribution in [1.29, 1.82) is 0 Å². The molecule has 2 rings (SSSR count). The van der Waals surface area contributed by atoms with E-state index in [0.717, 1.165) is 5.69 Å². The van der Waals surface area contributed by atoms with Gasteiger partial charge in [0.2, 0.25) is 0 Å². The second-order valence-corrected chi connectivity index (χ2v) is 4.41. The first-order valence-electron chi connectivity index (χ1n) is 6.09. The van der Waals surface area contributed by atoms with Crippen LogP contribution in [0.1, 0.15) is 21.6 Å². The van der Waals surface area contributed by atoms with Crippen molar-refractivity contribution >= 4 is 17.6 Å². The molecule has 0 unspecified atom stereocenters. The molecule has 0 aliphatic carbocycles. The largest absolute Gasteiger partial charge is 0.481 e. The average molecular weight is 270 g/mol. The lowest BCUT2D eigenvalue weighted by atomic mass is 10.1. The summed E-state index contributed by atoms with van der Waals surface area (Å²) in [5.74, 6) is -1.13. The zero-order chi connectivity index (χ0) is 14.5. The number of hydrogen-bond acceptors (Lipinski definition) is 3. The Kier molecular flexibility index (Phi) is 4.10. The molecule has 0 atom stereocenters. The van der Waals surface area contributed by atoms with Crippen molar-refractivity contribution in [3.8, 4) is 0 Å². The molecule has 5 nitrogen and oxygen atoms in total. The van der Waals surface area contributed by atoms with Gasteiger partial charge in [0.05, 0.1) is 12.0 Å². The molecule has 0 bridgehead atoms. The van der Waals surface area contributed by atoms with E-state index in [-0.39, 0.29) is 12.3 Å². The second kappa shape index (κ2) is 5.97. The molecule has 1 aromatic heterocycles. The van der Waals surface area contributed by atoms with E-state index < -0.39 is 5.97 Å². The number of carbonyl (C=O) groups is 2. The molecule has 0 fully saturated rings. The van der Waals surface area contributed by atoms with Crippen molar-refractivity contribution in [3.63, 3.8) is 0 Å². The molecule has 0 radical (unpaired) electrons. The van der Waals surface area contributed by atoms with Crippen LogP contribution in [0.2, 0.25) is 0 Å². The number of carbonyl (C=O) groups excluding carboxylic acids is 1. The van der Waals surface area contributed by atoms with Crippen molar-refractivity contribution in [2.24, 2.45) is 0 Å². The Hall–Kier alpha value is -2.69. The SMILES string of the molecule is Cc1ccc(C(=O)Nc2ccc(CC(=O)O)cc2)cn1.